The van der Waals surface area contributed by atoms with Crippen molar-refractivity contribution in [1.82, 2.24) is 0 Å². The van der Waals surface area contributed by atoms with E-state index in [4.69, 9.17) is 0 Å². The van der Waals surface area contributed by atoms with E-state index in [9.17, 15) is 9.00 Å². The molecule has 0 bridgehead atoms. The molecular formula is C11H14O2S2. The number of carbonyl (C=O) groups excluding carboxylic acids is 1. The molecule has 0 saturated heterocycles. The third kappa shape index (κ3) is 1.93. The fourth-order valence-electron chi connectivity index (χ4n) is 2.11. The van der Waals surface area contributed by atoms with Crippen molar-refractivity contribution >= 4 is 27.9 Å². The van der Waals surface area contributed by atoms with Gasteiger partial charge in [0.25, 0.3) is 0 Å². The average Bonchev–Trinajstić information content (AvgIpc) is 2.45. The highest BCUT2D eigenvalue weighted by atomic mass is 32.2. The van der Waals surface area contributed by atoms with Gasteiger partial charge in [-0.3, -0.25) is 9.00 Å². The minimum absolute atomic E-state index is 0.0532. The van der Waals surface area contributed by atoms with Crippen molar-refractivity contribution in [2.24, 2.45) is 5.41 Å². The smallest absolute Gasteiger partial charge is 0.165 e. The summed E-state index contributed by atoms with van der Waals surface area (Å²) in [6.45, 7) is 4.21. The molecule has 1 unspecified atom stereocenters. The normalized spacial score (nSPS) is 21.1. The number of thiophene rings is 1. The second-order valence-corrected chi connectivity index (χ2v) is 7.27. The monoisotopic (exact) mass is 242 g/mol. The quantitative estimate of drug-likeness (QED) is 0.758. The zero-order chi connectivity index (χ0) is 11.2. The predicted molar refractivity (Wildman–Crippen MR) is 63.1 cm³/mol. The van der Waals surface area contributed by atoms with Crippen LogP contribution in [0.15, 0.2) is 9.59 Å². The SMILES string of the molecule is CS(=O)c1scc2c1C(=O)CC(C)(C)C2. The van der Waals surface area contributed by atoms with Gasteiger partial charge in [-0.15, -0.1) is 11.3 Å². The Balaban J connectivity index is 2.53. The molecule has 1 heterocycles. The summed E-state index contributed by atoms with van der Waals surface area (Å²) in [5.41, 5.74) is 1.89. The lowest BCUT2D eigenvalue weighted by atomic mass is 9.75. The maximum atomic E-state index is 12.0. The van der Waals surface area contributed by atoms with E-state index in [1.165, 1.54) is 11.3 Å². The minimum Gasteiger partial charge on any atom is -0.294 e. The van der Waals surface area contributed by atoms with Gasteiger partial charge >= 0.3 is 0 Å². The van der Waals surface area contributed by atoms with Gasteiger partial charge in [0.2, 0.25) is 0 Å². The molecule has 0 fully saturated rings. The Hall–Kier alpha value is -0.480. The van der Waals surface area contributed by atoms with Crippen molar-refractivity contribution in [3.8, 4) is 0 Å². The molecule has 1 aromatic heterocycles. The molecule has 4 heteroatoms. The molecule has 0 N–H and O–H groups in total. The van der Waals surface area contributed by atoms with Gasteiger partial charge in [-0.2, -0.15) is 0 Å². The van der Waals surface area contributed by atoms with Gasteiger partial charge in [-0.25, -0.2) is 0 Å². The van der Waals surface area contributed by atoms with Gasteiger partial charge in [-0.05, 0) is 22.8 Å². The number of rotatable bonds is 1. The Bertz CT molecular complexity index is 443. The van der Waals surface area contributed by atoms with E-state index in [1.54, 1.807) is 6.26 Å². The molecule has 15 heavy (non-hydrogen) atoms. The molecular weight excluding hydrogens is 228 g/mol. The fourth-order valence-corrected chi connectivity index (χ4v) is 4.14. The zero-order valence-electron chi connectivity index (χ0n) is 9.12. The van der Waals surface area contributed by atoms with Gasteiger partial charge in [0.15, 0.2) is 5.78 Å². The molecule has 2 rings (SSSR count). The van der Waals surface area contributed by atoms with E-state index >= 15 is 0 Å². The summed E-state index contributed by atoms with van der Waals surface area (Å²) in [6.07, 6.45) is 3.13. The highest BCUT2D eigenvalue weighted by Gasteiger charge is 2.34. The second kappa shape index (κ2) is 3.52. The van der Waals surface area contributed by atoms with Crippen molar-refractivity contribution in [2.75, 3.05) is 6.26 Å². The molecule has 1 aliphatic rings. The maximum Gasteiger partial charge on any atom is 0.165 e. The number of ketones is 1. The standard InChI is InChI=1S/C11H14O2S2/c1-11(2)4-7-6-14-10(15(3)13)9(7)8(12)5-11/h6H,4-5H2,1-3H3. The lowest BCUT2D eigenvalue weighted by Crippen LogP contribution is -2.26. The van der Waals surface area contributed by atoms with Crippen LogP contribution in [0.4, 0.5) is 0 Å². The van der Waals surface area contributed by atoms with Crippen LogP contribution >= 0.6 is 11.3 Å². The predicted octanol–water partition coefficient (Wildman–Crippen LogP) is 2.64. The molecule has 0 aromatic carbocycles. The molecule has 0 spiro atoms. The van der Waals surface area contributed by atoms with Gasteiger partial charge in [0.1, 0.15) is 4.21 Å². The average molecular weight is 242 g/mol. The summed E-state index contributed by atoms with van der Waals surface area (Å²) < 4.78 is 12.2. The van der Waals surface area contributed by atoms with Crippen LogP contribution in [0.5, 0.6) is 0 Å². The number of hydrogen-bond acceptors (Lipinski definition) is 3. The molecule has 0 amide bonds. The number of Topliss-reactive ketones (excluding diaryl/α,β-unsaturated/α-hetero) is 1. The van der Waals surface area contributed by atoms with Crippen LogP contribution in [-0.2, 0) is 17.2 Å². The van der Waals surface area contributed by atoms with E-state index in [1.807, 2.05) is 5.38 Å². The lowest BCUT2D eigenvalue weighted by Gasteiger charge is -2.28. The molecule has 2 nitrogen and oxygen atoms in total. The largest absolute Gasteiger partial charge is 0.294 e. The van der Waals surface area contributed by atoms with Gasteiger partial charge < -0.3 is 0 Å². The van der Waals surface area contributed by atoms with Gasteiger partial charge in [0.05, 0.1) is 10.8 Å². The van der Waals surface area contributed by atoms with E-state index in [0.29, 0.717) is 6.42 Å². The van der Waals surface area contributed by atoms with E-state index in [0.717, 1.165) is 21.8 Å². The van der Waals surface area contributed by atoms with Crippen LogP contribution in [-0.4, -0.2) is 16.2 Å². The lowest BCUT2D eigenvalue weighted by molar-refractivity contribution is 0.0910. The zero-order valence-corrected chi connectivity index (χ0v) is 10.8. The van der Waals surface area contributed by atoms with Crippen LogP contribution in [0.2, 0.25) is 0 Å². The maximum absolute atomic E-state index is 12.0. The Kier molecular flexibility index (Phi) is 2.59. The number of hydrogen-bond donors (Lipinski definition) is 0. The van der Waals surface area contributed by atoms with E-state index < -0.39 is 10.8 Å². The summed E-state index contributed by atoms with van der Waals surface area (Å²) in [4.78, 5) is 12.0. The molecule has 0 radical (unpaired) electrons. The fraction of sp³-hybridized carbons (Fsp3) is 0.545. The summed E-state index contributed by atoms with van der Waals surface area (Å²) in [6, 6.07) is 0. The first-order chi connectivity index (χ1) is 6.91. The van der Waals surface area contributed by atoms with Gasteiger partial charge in [0, 0.05) is 18.2 Å². The highest BCUT2D eigenvalue weighted by molar-refractivity contribution is 7.86. The Morgan fingerprint density at radius 2 is 2.07 bits per heavy atom. The summed E-state index contributed by atoms with van der Waals surface area (Å²) >= 11 is 1.46. The summed E-state index contributed by atoms with van der Waals surface area (Å²) in [7, 11) is -1.04. The first-order valence-electron chi connectivity index (χ1n) is 4.88. The van der Waals surface area contributed by atoms with Crippen LogP contribution in [0, 0.1) is 5.41 Å². The van der Waals surface area contributed by atoms with Gasteiger partial charge in [-0.1, -0.05) is 13.8 Å². The third-order valence-corrected chi connectivity index (χ3v) is 5.22. The van der Waals surface area contributed by atoms with Crippen molar-refractivity contribution in [3.63, 3.8) is 0 Å². The third-order valence-electron chi connectivity index (χ3n) is 2.68. The van der Waals surface area contributed by atoms with Crippen LogP contribution in [0.3, 0.4) is 0 Å². The van der Waals surface area contributed by atoms with E-state index in [2.05, 4.69) is 13.8 Å². The molecule has 0 aliphatic heterocycles. The minimum atomic E-state index is -1.04. The first-order valence-corrected chi connectivity index (χ1v) is 7.31. The van der Waals surface area contributed by atoms with Crippen molar-refractivity contribution in [3.05, 3.63) is 16.5 Å². The van der Waals surface area contributed by atoms with Crippen molar-refractivity contribution < 1.29 is 9.00 Å². The van der Waals surface area contributed by atoms with Crippen LogP contribution < -0.4 is 0 Å². The Labute approximate surface area is 96.2 Å². The summed E-state index contributed by atoms with van der Waals surface area (Å²) in [5.74, 6) is 0.160. The topological polar surface area (TPSA) is 34.1 Å². The number of carbonyl (C=O) groups is 1. The molecule has 1 aliphatic carbocycles. The van der Waals surface area contributed by atoms with Crippen LogP contribution in [0.25, 0.3) is 0 Å². The highest BCUT2D eigenvalue weighted by Crippen LogP contribution is 2.39. The van der Waals surface area contributed by atoms with Crippen molar-refractivity contribution in [2.45, 2.75) is 30.9 Å². The Morgan fingerprint density at radius 1 is 1.40 bits per heavy atom. The van der Waals surface area contributed by atoms with Crippen LogP contribution in [0.1, 0.15) is 36.2 Å². The molecule has 1 aromatic rings. The second-order valence-electron chi connectivity index (χ2n) is 4.82. The molecule has 82 valence electrons. The van der Waals surface area contributed by atoms with E-state index in [-0.39, 0.29) is 11.2 Å². The molecule has 0 saturated carbocycles. The number of fused-ring (bicyclic) bond motifs is 1. The first kappa shape index (κ1) is 11.0. The summed E-state index contributed by atoms with van der Waals surface area (Å²) in [5, 5.41) is 1.99. The van der Waals surface area contributed by atoms with Crippen molar-refractivity contribution in [1.29, 1.82) is 0 Å². The Morgan fingerprint density at radius 3 is 2.67 bits per heavy atom. The molecule has 1 atom stereocenters.